The zero-order valence-electron chi connectivity index (χ0n) is 8.21. The predicted octanol–water partition coefficient (Wildman–Crippen LogP) is 1.55. The molecule has 2 aliphatic carbocycles. The molecule has 0 aromatic heterocycles. The van der Waals surface area contributed by atoms with Crippen LogP contribution in [-0.2, 0) is 14.3 Å². The fourth-order valence-corrected chi connectivity index (χ4v) is 2.49. The number of methoxy groups -OCH3 is 1. The van der Waals surface area contributed by atoms with Gasteiger partial charge in [0.1, 0.15) is 5.78 Å². The van der Waals surface area contributed by atoms with Crippen molar-refractivity contribution in [2.75, 3.05) is 7.11 Å². The first kappa shape index (κ1) is 10.2. The molecule has 2 saturated carbocycles. The lowest BCUT2D eigenvalue weighted by Gasteiger charge is -2.52. The second-order valence-corrected chi connectivity index (χ2v) is 4.24. The van der Waals surface area contributed by atoms with Crippen molar-refractivity contribution < 1.29 is 14.3 Å². The van der Waals surface area contributed by atoms with Crippen molar-refractivity contribution in [3.8, 4) is 0 Å². The molecule has 0 saturated heterocycles. The van der Waals surface area contributed by atoms with Gasteiger partial charge in [0.2, 0.25) is 0 Å². The van der Waals surface area contributed by atoms with Crippen LogP contribution in [0.1, 0.15) is 32.6 Å². The Labute approximate surface area is 78.5 Å². The summed E-state index contributed by atoms with van der Waals surface area (Å²) in [6.45, 7) is 2.65. The molecule has 2 rings (SSSR count). The molecule has 1 spiro atoms. The third-order valence-electron chi connectivity index (χ3n) is 2.80. The predicted molar refractivity (Wildman–Crippen MR) is 48.1 cm³/mol. The van der Waals surface area contributed by atoms with Crippen LogP contribution in [-0.4, -0.2) is 19.4 Å². The number of ketones is 1. The molecule has 0 bridgehead atoms. The van der Waals surface area contributed by atoms with Crippen molar-refractivity contribution in [1.82, 2.24) is 0 Å². The van der Waals surface area contributed by atoms with Gasteiger partial charge in [0.05, 0.1) is 7.11 Å². The summed E-state index contributed by atoms with van der Waals surface area (Å²) in [4.78, 5) is 19.6. The van der Waals surface area contributed by atoms with Gasteiger partial charge in [0, 0.05) is 12.8 Å². The second kappa shape index (κ2) is 3.90. The lowest BCUT2D eigenvalue weighted by atomic mass is 9.52. The van der Waals surface area contributed by atoms with Gasteiger partial charge in [0.25, 0.3) is 6.47 Å². The largest absolute Gasteiger partial charge is 0.471 e. The van der Waals surface area contributed by atoms with E-state index >= 15 is 0 Å². The van der Waals surface area contributed by atoms with Gasteiger partial charge in [-0.1, -0.05) is 6.92 Å². The highest BCUT2D eigenvalue weighted by atomic mass is 16.5. The Morgan fingerprint density at radius 3 is 2.15 bits per heavy atom. The van der Waals surface area contributed by atoms with E-state index in [2.05, 4.69) is 11.7 Å². The van der Waals surface area contributed by atoms with E-state index in [4.69, 9.17) is 4.79 Å². The van der Waals surface area contributed by atoms with Gasteiger partial charge in [-0.15, -0.1) is 0 Å². The van der Waals surface area contributed by atoms with Crippen LogP contribution < -0.4 is 0 Å². The smallest absolute Gasteiger partial charge is 0.292 e. The topological polar surface area (TPSA) is 43.4 Å². The SMILES string of the molecule is CC1CC2(CC(=O)C2)C1.COC=O. The summed E-state index contributed by atoms with van der Waals surface area (Å²) in [6, 6.07) is 0. The zero-order valence-corrected chi connectivity index (χ0v) is 8.21. The molecule has 0 aliphatic heterocycles. The maximum Gasteiger partial charge on any atom is 0.292 e. The molecule has 13 heavy (non-hydrogen) atoms. The number of hydrogen-bond donors (Lipinski definition) is 0. The fraction of sp³-hybridized carbons (Fsp3) is 0.800. The monoisotopic (exact) mass is 184 g/mol. The third-order valence-corrected chi connectivity index (χ3v) is 2.80. The molecule has 2 aliphatic rings. The van der Waals surface area contributed by atoms with Crippen molar-refractivity contribution in [2.45, 2.75) is 32.6 Å². The Balaban J connectivity index is 0.000000184. The summed E-state index contributed by atoms with van der Waals surface area (Å²) >= 11 is 0. The average molecular weight is 184 g/mol. The quantitative estimate of drug-likeness (QED) is 0.581. The Morgan fingerprint density at radius 2 is 1.92 bits per heavy atom. The molecule has 0 atom stereocenters. The molecular weight excluding hydrogens is 168 g/mol. The van der Waals surface area contributed by atoms with Crippen molar-refractivity contribution in [1.29, 1.82) is 0 Å². The van der Waals surface area contributed by atoms with Crippen LogP contribution in [0.25, 0.3) is 0 Å². The molecule has 0 aromatic carbocycles. The number of Topliss-reactive ketones (excluding diaryl/α,β-unsaturated/α-hetero) is 1. The summed E-state index contributed by atoms with van der Waals surface area (Å²) < 4.78 is 3.86. The van der Waals surface area contributed by atoms with Crippen molar-refractivity contribution in [2.24, 2.45) is 11.3 Å². The van der Waals surface area contributed by atoms with Crippen molar-refractivity contribution >= 4 is 12.3 Å². The van der Waals surface area contributed by atoms with Crippen LogP contribution in [0.2, 0.25) is 0 Å². The lowest BCUT2D eigenvalue weighted by Crippen LogP contribution is -2.46. The van der Waals surface area contributed by atoms with Crippen molar-refractivity contribution in [3.05, 3.63) is 0 Å². The molecular formula is C10H16O3. The Bertz CT molecular complexity index is 194. The van der Waals surface area contributed by atoms with E-state index < -0.39 is 0 Å². The molecule has 0 amide bonds. The minimum absolute atomic E-state index is 0.375. The van der Waals surface area contributed by atoms with E-state index in [0.717, 1.165) is 18.8 Å². The summed E-state index contributed by atoms with van der Waals surface area (Å²) in [7, 11) is 1.31. The Kier molecular flexibility index (Phi) is 3.07. The fourth-order valence-electron chi connectivity index (χ4n) is 2.49. The zero-order chi connectivity index (χ0) is 9.90. The summed E-state index contributed by atoms with van der Waals surface area (Å²) in [5.74, 6) is 1.39. The van der Waals surface area contributed by atoms with Crippen LogP contribution in [0.5, 0.6) is 0 Å². The highest BCUT2D eigenvalue weighted by molar-refractivity contribution is 5.86. The summed E-state index contributed by atoms with van der Waals surface area (Å²) in [5.41, 5.74) is 0.538. The minimum atomic E-state index is 0.375. The van der Waals surface area contributed by atoms with Crippen molar-refractivity contribution in [3.63, 3.8) is 0 Å². The van der Waals surface area contributed by atoms with Crippen LogP contribution in [0.3, 0.4) is 0 Å². The molecule has 0 unspecified atom stereocenters. The Hall–Kier alpha value is -0.860. The van der Waals surface area contributed by atoms with Gasteiger partial charge in [-0.05, 0) is 24.2 Å². The number of rotatable bonds is 1. The van der Waals surface area contributed by atoms with E-state index in [0.29, 0.717) is 17.7 Å². The summed E-state index contributed by atoms with van der Waals surface area (Å²) in [5, 5.41) is 0. The molecule has 0 radical (unpaired) electrons. The highest BCUT2D eigenvalue weighted by Crippen LogP contribution is 2.56. The average Bonchev–Trinajstić information content (AvgIpc) is 2.00. The minimum Gasteiger partial charge on any atom is -0.471 e. The van der Waals surface area contributed by atoms with Gasteiger partial charge in [0.15, 0.2) is 0 Å². The van der Waals surface area contributed by atoms with Crippen LogP contribution in [0.15, 0.2) is 0 Å². The molecule has 74 valence electrons. The van der Waals surface area contributed by atoms with E-state index in [1.54, 1.807) is 0 Å². The number of hydrogen-bond acceptors (Lipinski definition) is 3. The van der Waals surface area contributed by atoms with Gasteiger partial charge >= 0.3 is 0 Å². The van der Waals surface area contributed by atoms with E-state index in [9.17, 15) is 4.79 Å². The van der Waals surface area contributed by atoms with Gasteiger partial charge in [-0.2, -0.15) is 0 Å². The summed E-state index contributed by atoms with van der Waals surface area (Å²) in [6.07, 6.45) is 4.44. The first-order chi connectivity index (χ1) is 6.12. The molecule has 3 heteroatoms. The van der Waals surface area contributed by atoms with Crippen LogP contribution >= 0.6 is 0 Å². The number of carbonyl (C=O) groups is 2. The van der Waals surface area contributed by atoms with Gasteiger partial charge < -0.3 is 4.74 Å². The highest BCUT2D eigenvalue weighted by Gasteiger charge is 2.50. The van der Waals surface area contributed by atoms with E-state index in [1.165, 1.54) is 20.0 Å². The van der Waals surface area contributed by atoms with Crippen LogP contribution in [0, 0.1) is 11.3 Å². The Morgan fingerprint density at radius 1 is 1.46 bits per heavy atom. The van der Waals surface area contributed by atoms with Gasteiger partial charge in [-0.25, -0.2) is 0 Å². The van der Waals surface area contributed by atoms with E-state index in [-0.39, 0.29) is 0 Å². The number of ether oxygens (including phenoxy) is 1. The standard InChI is InChI=1S/C8H12O.C2H4O2/c1-6-2-8(3-6)4-7(9)5-8;1-4-2-3/h6H,2-5H2,1H3;2H,1H3. The lowest BCUT2D eigenvalue weighted by molar-refractivity contribution is -0.141. The number of carbonyl (C=O) groups excluding carboxylic acids is 2. The van der Waals surface area contributed by atoms with Gasteiger partial charge in [-0.3, -0.25) is 9.59 Å². The van der Waals surface area contributed by atoms with Crippen LogP contribution in [0.4, 0.5) is 0 Å². The maximum absolute atomic E-state index is 10.6. The van der Waals surface area contributed by atoms with E-state index in [1.807, 2.05) is 0 Å². The molecule has 0 aromatic rings. The molecule has 2 fully saturated rings. The first-order valence-electron chi connectivity index (χ1n) is 4.60. The first-order valence-corrected chi connectivity index (χ1v) is 4.60. The normalized spacial score (nSPS) is 23.7. The molecule has 0 N–H and O–H groups in total. The maximum atomic E-state index is 10.6. The third kappa shape index (κ3) is 2.29. The molecule has 3 nitrogen and oxygen atoms in total. The molecule has 0 heterocycles. The second-order valence-electron chi connectivity index (χ2n) is 4.24.